The number of rotatable bonds is 9. The van der Waals surface area contributed by atoms with Gasteiger partial charge < -0.3 is 19.5 Å². The van der Waals surface area contributed by atoms with Crippen molar-refractivity contribution in [1.29, 1.82) is 0 Å². The molecule has 0 bridgehead atoms. The first kappa shape index (κ1) is 32.5. The van der Waals surface area contributed by atoms with Crippen LogP contribution >= 0.6 is 0 Å². The van der Waals surface area contributed by atoms with Gasteiger partial charge >= 0.3 is 0 Å². The van der Waals surface area contributed by atoms with Crippen LogP contribution in [0, 0.1) is 5.82 Å². The fourth-order valence-electron chi connectivity index (χ4n) is 5.77. The van der Waals surface area contributed by atoms with Crippen LogP contribution in [0.2, 0.25) is 0 Å². The number of sulfonamides is 1. The molecule has 0 atom stereocenters. The van der Waals surface area contributed by atoms with Gasteiger partial charge in [0.25, 0.3) is 16.5 Å². The van der Waals surface area contributed by atoms with E-state index in [-0.39, 0.29) is 22.9 Å². The Balaban J connectivity index is 0.00000128. The van der Waals surface area contributed by atoms with Crippen molar-refractivity contribution in [3.8, 4) is 17.1 Å². The zero-order valence-electron chi connectivity index (χ0n) is 25.3. The van der Waals surface area contributed by atoms with Crippen LogP contribution < -0.4 is 14.4 Å². The number of anilines is 2. The Labute approximate surface area is 262 Å². The molecule has 0 amide bonds. The SMILES string of the molecule is COc1ncc(N2CCOCC2)cc1S(=O)(=O)Nc1ccnc(-c2ccc(CN3CCN(C4CCC4)CC3)cc2F)c1.O=CO. The van der Waals surface area contributed by atoms with Crippen LogP contribution in [0.25, 0.3) is 11.3 Å². The first-order valence-corrected chi connectivity index (χ1v) is 16.5. The van der Waals surface area contributed by atoms with Crippen molar-refractivity contribution in [3.05, 3.63) is 60.2 Å². The number of nitrogens with zero attached hydrogens (tertiary/aromatic N) is 5. The van der Waals surface area contributed by atoms with E-state index in [1.165, 1.54) is 44.7 Å². The zero-order valence-corrected chi connectivity index (χ0v) is 26.1. The fraction of sp³-hybridized carbons (Fsp3) is 0.452. The van der Waals surface area contributed by atoms with Gasteiger partial charge in [-0.15, -0.1) is 0 Å². The lowest BCUT2D eigenvalue weighted by atomic mass is 9.91. The molecule has 1 aromatic carbocycles. The van der Waals surface area contributed by atoms with Crippen LogP contribution in [0.4, 0.5) is 15.8 Å². The van der Waals surface area contributed by atoms with Gasteiger partial charge in [-0.25, -0.2) is 17.8 Å². The summed E-state index contributed by atoms with van der Waals surface area (Å²) in [5, 5.41) is 6.89. The number of hydrogen-bond donors (Lipinski definition) is 2. The second kappa shape index (κ2) is 15.0. The van der Waals surface area contributed by atoms with E-state index in [2.05, 4.69) is 24.5 Å². The number of pyridine rings is 2. The Morgan fingerprint density at radius 2 is 1.80 bits per heavy atom. The summed E-state index contributed by atoms with van der Waals surface area (Å²) < 4.78 is 55.5. The van der Waals surface area contributed by atoms with Gasteiger partial charge in [-0.05, 0) is 48.7 Å². The monoisotopic (exact) mass is 642 g/mol. The maximum Gasteiger partial charge on any atom is 0.290 e. The third kappa shape index (κ3) is 8.06. The Bertz CT molecular complexity index is 1560. The second-order valence-electron chi connectivity index (χ2n) is 11.2. The van der Waals surface area contributed by atoms with Crippen molar-refractivity contribution in [2.24, 2.45) is 0 Å². The van der Waals surface area contributed by atoms with Gasteiger partial charge in [-0.1, -0.05) is 12.5 Å². The highest BCUT2D eigenvalue weighted by Gasteiger charge is 2.28. The molecule has 0 unspecified atom stereocenters. The largest absolute Gasteiger partial charge is 0.483 e. The van der Waals surface area contributed by atoms with Crippen LogP contribution in [-0.4, -0.2) is 105 Å². The summed E-state index contributed by atoms with van der Waals surface area (Å²) in [6.07, 6.45) is 7.03. The molecule has 0 radical (unpaired) electrons. The van der Waals surface area contributed by atoms with Gasteiger partial charge in [0.2, 0.25) is 5.88 Å². The molecule has 3 aliphatic rings. The van der Waals surface area contributed by atoms with Crippen molar-refractivity contribution in [3.63, 3.8) is 0 Å². The molecule has 0 spiro atoms. The number of carboxylic acid groups (broad SMARTS) is 1. The summed E-state index contributed by atoms with van der Waals surface area (Å²) >= 11 is 0. The number of methoxy groups -OCH3 is 1. The first-order valence-electron chi connectivity index (χ1n) is 15.0. The molecule has 2 aliphatic heterocycles. The molecule has 2 N–H and O–H groups in total. The van der Waals surface area contributed by atoms with E-state index in [0.717, 1.165) is 37.8 Å². The summed E-state index contributed by atoms with van der Waals surface area (Å²) in [5.74, 6) is -0.405. The van der Waals surface area contributed by atoms with Crippen LogP contribution in [0.5, 0.6) is 5.88 Å². The van der Waals surface area contributed by atoms with Crippen LogP contribution in [0.1, 0.15) is 24.8 Å². The summed E-state index contributed by atoms with van der Waals surface area (Å²) in [7, 11) is -2.71. The van der Waals surface area contributed by atoms with E-state index in [4.69, 9.17) is 19.4 Å². The maximum atomic E-state index is 15.3. The third-order valence-corrected chi connectivity index (χ3v) is 9.76. The second-order valence-corrected chi connectivity index (χ2v) is 12.8. The minimum absolute atomic E-state index is 0.0140. The lowest BCUT2D eigenvalue weighted by molar-refractivity contribution is -0.122. The summed E-state index contributed by atoms with van der Waals surface area (Å²) in [4.78, 5) is 23.8. The quantitative estimate of drug-likeness (QED) is 0.333. The maximum absolute atomic E-state index is 15.3. The number of aromatic nitrogens is 2. The third-order valence-electron chi connectivity index (χ3n) is 8.39. The van der Waals surface area contributed by atoms with E-state index in [1.54, 1.807) is 24.4 Å². The van der Waals surface area contributed by atoms with Crippen LogP contribution in [-0.2, 0) is 26.1 Å². The van der Waals surface area contributed by atoms with Gasteiger partial charge in [0, 0.05) is 63.6 Å². The highest BCUT2D eigenvalue weighted by atomic mass is 32.2. The van der Waals surface area contributed by atoms with E-state index >= 15 is 4.39 Å². The molecule has 2 aromatic heterocycles. The number of ether oxygens (including phenoxy) is 2. The van der Waals surface area contributed by atoms with E-state index in [1.807, 2.05) is 11.0 Å². The first-order chi connectivity index (χ1) is 21.8. The lowest BCUT2D eigenvalue weighted by Crippen LogP contribution is -2.51. The molecule has 14 heteroatoms. The number of nitrogens with one attached hydrogen (secondary N) is 1. The number of halogens is 1. The lowest BCUT2D eigenvalue weighted by Gasteiger charge is -2.43. The smallest absolute Gasteiger partial charge is 0.290 e. The Morgan fingerprint density at radius 1 is 1.07 bits per heavy atom. The van der Waals surface area contributed by atoms with Gasteiger partial charge in [0.05, 0.1) is 43.6 Å². The molecule has 2 saturated heterocycles. The highest BCUT2D eigenvalue weighted by Crippen LogP contribution is 2.31. The van der Waals surface area contributed by atoms with Gasteiger partial charge in [0.1, 0.15) is 5.82 Å². The predicted molar refractivity (Wildman–Crippen MR) is 167 cm³/mol. The average Bonchev–Trinajstić information content (AvgIpc) is 3.02. The van der Waals surface area contributed by atoms with E-state index in [0.29, 0.717) is 49.8 Å². The molecule has 4 heterocycles. The molecule has 1 aliphatic carbocycles. The van der Waals surface area contributed by atoms with Gasteiger partial charge in [-0.3, -0.25) is 24.3 Å². The van der Waals surface area contributed by atoms with Crippen molar-refractivity contribution >= 4 is 27.9 Å². The molecule has 12 nitrogen and oxygen atoms in total. The Morgan fingerprint density at radius 3 is 2.44 bits per heavy atom. The molecule has 242 valence electrons. The van der Waals surface area contributed by atoms with Crippen LogP contribution in [0.15, 0.2) is 53.7 Å². The van der Waals surface area contributed by atoms with Gasteiger partial charge in [-0.2, -0.15) is 0 Å². The number of morpholine rings is 1. The minimum Gasteiger partial charge on any atom is -0.483 e. The van der Waals surface area contributed by atoms with Crippen molar-refractivity contribution in [1.82, 2.24) is 19.8 Å². The Kier molecular flexibility index (Phi) is 10.8. The molecule has 3 fully saturated rings. The number of hydrogen-bond acceptors (Lipinski definition) is 10. The summed E-state index contributed by atoms with van der Waals surface area (Å²) in [5.41, 5.74) is 2.47. The molecule has 45 heavy (non-hydrogen) atoms. The normalized spacial score (nSPS) is 18.0. The minimum atomic E-state index is -4.08. The number of piperazine rings is 1. The van der Waals surface area contributed by atoms with Crippen molar-refractivity contribution in [2.45, 2.75) is 36.7 Å². The summed E-state index contributed by atoms with van der Waals surface area (Å²) in [6.45, 7) is 6.93. The molecular formula is C31H39FN6O6S. The van der Waals surface area contributed by atoms with Crippen LogP contribution in [0.3, 0.4) is 0 Å². The van der Waals surface area contributed by atoms with Crippen molar-refractivity contribution < 1.29 is 32.2 Å². The number of benzene rings is 1. The summed E-state index contributed by atoms with van der Waals surface area (Å²) in [6, 6.07) is 10.6. The molecule has 1 saturated carbocycles. The van der Waals surface area contributed by atoms with Crippen molar-refractivity contribution in [2.75, 3.05) is 69.2 Å². The standard InChI is InChI=1S/C30H37FN6O4S.CH2O2/c1-40-30-29(19-25(20-33-30)37-13-15-41-16-14-37)42(38,39)34-23-7-8-32-28(18-23)26-6-5-22(17-27(26)31)21-35-9-11-36(12-10-35)24-3-2-4-24;2-1-3/h5-8,17-20,24H,2-4,9-16,21H2,1H3,(H,32,34);1H,(H,2,3). The molecule has 3 aromatic rings. The average molecular weight is 643 g/mol. The molecular weight excluding hydrogens is 603 g/mol. The molecule has 6 rings (SSSR count). The number of carbonyl (C=O) groups is 1. The zero-order chi connectivity index (χ0) is 31.8. The predicted octanol–water partition coefficient (Wildman–Crippen LogP) is 3.30. The van der Waals surface area contributed by atoms with E-state index in [9.17, 15) is 8.42 Å². The topological polar surface area (TPSA) is 137 Å². The van der Waals surface area contributed by atoms with E-state index < -0.39 is 15.8 Å². The van der Waals surface area contributed by atoms with Gasteiger partial charge in [0.15, 0.2) is 4.90 Å². The highest BCUT2D eigenvalue weighted by molar-refractivity contribution is 7.92. The Hall–Kier alpha value is -3.85. The fourth-order valence-corrected chi connectivity index (χ4v) is 6.96.